The van der Waals surface area contributed by atoms with Crippen LogP contribution in [-0.4, -0.2) is 6.29 Å². The molecule has 4 heteroatoms. The number of hydrogen-bond acceptors (Lipinski definition) is 3. The summed E-state index contributed by atoms with van der Waals surface area (Å²) >= 11 is 4.92. The Balaban J connectivity index is 2.97. The number of rotatable bonds is 1. The van der Waals surface area contributed by atoms with Gasteiger partial charge in [-0.15, -0.1) is 11.3 Å². The first-order valence-corrected chi connectivity index (χ1v) is 5.50. The zero-order valence-electron chi connectivity index (χ0n) is 6.95. The Morgan fingerprint density at radius 2 is 2.36 bits per heavy atom. The Bertz CT molecular complexity index is 553. The molecule has 0 aliphatic carbocycles. The first kappa shape index (κ1) is 9.38. The molecule has 0 unspecified atom stereocenters. The van der Waals surface area contributed by atoms with E-state index in [0.717, 1.165) is 14.6 Å². The van der Waals surface area contributed by atoms with E-state index < -0.39 is 0 Å². The van der Waals surface area contributed by atoms with Crippen LogP contribution in [0.2, 0.25) is 0 Å². The van der Waals surface area contributed by atoms with E-state index in [2.05, 4.69) is 22.0 Å². The maximum atomic E-state index is 10.7. The van der Waals surface area contributed by atoms with E-state index in [1.807, 2.05) is 11.4 Å². The van der Waals surface area contributed by atoms with Gasteiger partial charge in [0.2, 0.25) is 0 Å². The average Bonchev–Trinajstić information content (AvgIpc) is 2.66. The molecule has 2 aromatic rings. The van der Waals surface area contributed by atoms with Crippen LogP contribution in [0.3, 0.4) is 0 Å². The lowest BCUT2D eigenvalue weighted by Gasteiger charge is -1.99. The van der Waals surface area contributed by atoms with E-state index in [0.29, 0.717) is 17.4 Å². The van der Waals surface area contributed by atoms with Gasteiger partial charge in [0.05, 0.1) is 5.56 Å². The molecule has 1 aromatic carbocycles. The average molecular weight is 266 g/mol. The van der Waals surface area contributed by atoms with E-state index in [1.165, 1.54) is 0 Å². The number of aldehydes is 1. The Morgan fingerprint density at radius 1 is 1.57 bits per heavy atom. The molecular weight excluding hydrogens is 262 g/mol. The van der Waals surface area contributed by atoms with Crippen molar-refractivity contribution in [3.05, 3.63) is 33.1 Å². The number of nitriles is 1. The summed E-state index contributed by atoms with van der Waals surface area (Å²) < 4.78 is 1.87. The molecule has 0 saturated carbocycles. The van der Waals surface area contributed by atoms with Gasteiger partial charge in [0, 0.05) is 20.1 Å². The molecule has 0 aliphatic heterocycles. The van der Waals surface area contributed by atoms with Gasteiger partial charge in [-0.2, -0.15) is 5.26 Å². The maximum absolute atomic E-state index is 10.7. The molecule has 0 spiro atoms. The Kier molecular flexibility index (Phi) is 2.36. The van der Waals surface area contributed by atoms with Gasteiger partial charge in [-0.1, -0.05) is 0 Å². The summed E-state index contributed by atoms with van der Waals surface area (Å²) in [5.74, 6) is 0. The van der Waals surface area contributed by atoms with Crippen LogP contribution in [-0.2, 0) is 0 Å². The fourth-order valence-corrected chi connectivity index (χ4v) is 2.89. The molecule has 0 saturated heterocycles. The molecule has 0 radical (unpaired) electrons. The molecule has 0 aliphatic rings. The quantitative estimate of drug-likeness (QED) is 0.742. The molecular formula is C10H4BrNOS. The highest BCUT2D eigenvalue weighted by molar-refractivity contribution is 9.10. The zero-order chi connectivity index (χ0) is 10.1. The second-order valence-electron chi connectivity index (χ2n) is 2.72. The minimum Gasteiger partial charge on any atom is -0.298 e. The normalized spacial score (nSPS) is 10.0. The molecule has 2 rings (SSSR count). The molecule has 0 N–H and O–H groups in total. The van der Waals surface area contributed by atoms with Crippen molar-refractivity contribution < 1.29 is 4.79 Å². The van der Waals surface area contributed by atoms with Crippen molar-refractivity contribution in [3.63, 3.8) is 0 Å². The third kappa shape index (κ3) is 1.26. The van der Waals surface area contributed by atoms with E-state index >= 15 is 0 Å². The smallest absolute Gasteiger partial charge is 0.151 e. The van der Waals surface area contributed by atoms with Gasteiger partial charge in [0.25, 0.3) is 0 Å². The molecule has 0 fully saturated rings. The van der Waals surface area contributed by atoms with Gasteiger partial charge < -0.3 is 0 Å². The molecule has 68 valence electrons. The number of benzene rings is 1. The van der Waals surface area contributed by atoms with Crippen molar-refractivity contribution in [2.75, 3.05) is 0 Å². The van der Waals surface area contributed by atoms with E-state index in [4.69, 9.17) is 5.26 Å². The highest BCUT2D eigenvalue weighted by Gasteiger charge is 2.10. The number of carbonyl (C=O) groups excluding carboxylic acids is 1. The molecule has 0 atom stereocenters. The lowest BCUT2D eigenvalue weighted by atomic mass is 10.1. The van der Waals surface area contributed by atoms with Crippen molar-refractivity contribution in [1.29, 1.82) is 5.26 Å². The van der Waals surface area contributed by atoms with Gasteiger partial charge in [-0.25, -0.2) is 0 Å². The van der Waals surface area contributed by atoms with E-state index in [1.54, 1.807) is 17.4 Å². The Labute approximate surface area is 92.9 Å². The Morgan fingerprint density at radius 3 is 3.00 bits per heavy atom. The van der Waals surface area contributed by atoms with Crippen LogP contribution in [0.5, 0.6) is 0 Å². The Hall–Kier alpha value is -1.18. The van der Waals surface area contributed by atoms with Crippen LogP contribution in [0.4, 0.5) is 0 Å². The van der Waals surface area contributed by atoms with Crippen molar-refractivity contribution in [2.24, 2.45) is 0 Å². The lowest BCUT2D eigenvalue weighted by Crippen LogP contribution is -1.88. The van der Waals surface area contributed by atoms with Crippen molar-refractivity contribution in [2.45, 2.75) is 0 Å². The van der Waals surface area contributed by atoms with Crippen LogP contribution in [0.15, 0.2) is 22.0 Å². The fraction of sp³-hybridized carbons (Fsp3) is 0. The topological polar surface area (TPSA) is 40.9 Å². The van der Waals surface area contributed by atoms with Gasteiger partial charge in [0.1, 0.15) is 6.07 Å². The third-order valence-corrected chi connectivity index (χ3v) is 3.80. The number of hydrogen-bond donors (Lipinski definition) is 0. The first-order chi connectivity index (χ1) is 6.77. The monoisotopic (exact) mass is 265 g/mol. The maximum Gasteiger partial charge on any atom is 0.151 e. The number of halogens is 1. The largest absolute Gasteiger partial charge is 0.298 e. The highest BCUT2D eigenvalue weighted by Crippen LogP contribution is 2.33. The van der Waals surface area contributed by atoms with Gasteiger partial charge >= 0.3 is 0 Å². The predicted molar refractivity (Wildman–Crippen MR) is 59.6 cm³/mol. The van der Waals surface area contributed by atoms with Gasteiger partial charge in [0.15, 0.2) is 6.29 Å². The predicted octanol–water partition coefficient (Wildman–Crippen LogP) is 3.35. The van der Waals surface area contributed by atoms with Crippen molar-refractivity contribution in [1.82, 2.24) is 0 Å². The third-order valence-electron chi connectivity index (χ3n) is 1.96. The summed E-state index contributed by atoms with van der Waals surface area (Å²) in [4.78, 5) is 10.7. The van der Waals surface area contributed by atoms with Gasteiger partial charge in [-0.3, -0.25) is 4.79 Å². The highest BCUT2D eigenvalue weighted by atomic mass is 79.9. The number of nitrogens with zero attached hydrogens (tertiary/aromatic N) is 1. The van der Waals surface area contributed by atoms with Crippen molar-refractivity contribution in [3.8, 4) is 6.07 Å². The van der Waals surface area contributed by atoms with Crippen LogP contribution >= 0.6 is 27.3 Å². The van der Waals surface area contributed by atoms with E-state index in [-0.39, 0.29) is 0 Å². The second-order valence-corrected chi connectivity index (χ2v) is 4.49. The molecule has 14 heavy (non-hydrogen) atoms. The summed E-state index contributed by atoms with van der Waals surface area (Å²) in [6.07, 6.45) is 0.709. The minimum absolute atomic E-state index is 0.435. The molecule has 1 aromatic heterocycles. The summed E-state index contributed by atoms with van der Waals surface area (Å²) in [6, 6.07) is 5.60. The SMILES string of the molecule is N#Cc1c(C=O)cc(Br)c2sccc12. The van der Waals surface area contributed by atoms with Crippen LogP contribution in [0.1, 0.15) is 15.9 Å². The van der Waals surface area contributed by atoms with E-state index in [9.17, 15) is 4.79 Å². The van der Waals surface area contributed by atoms with Crippen LogP contribution < -0.4 is 0 Å². The van der Waals surface area contributed by atoms with Crippen LogP contribution in [0, 0.1) is 11.3 Å². The summed E-state index contributed by atoms with van der Waals surface area (Å²) in [5, 5.41) is 11.7. The molecule has 2 nitrogen and oxygen atoms in total. The number of fused-ring (bicyclic) bond motifs is 1. The molecule has 1 heterocycles. The molecule has 0 bridgehead atoms. The number of carbonyl (C=O) groups is 1. The number of thiophene rings is 1. The minimum atomic E-state index is 0.435. The summed E-state index contributed by atoms with van der Waals surface area (Å²) in [5.41, 5.74) is 0.893. The summed E-state index contributed by atoms with van der Waals surface area (Å²) in [6.45, 7) is 0. The zero-order valence-corrected chi connectivity index (χ0v) is 9.35. The summed E-state index contributed by atoms with van der Waals surface area (Å²) in [7, 11) is 0. The first-order valence-electron chi connectivity index (χ1n) is 3.83. The van der Waals surface area contributed by atoms with Crippen LogP contribution in [0.25, 0.3) is 10.1 Å². The fourth-order valence-electron chi connectivity index (χ4n) is 1.34. The van der Waals surface area contributed by atoms with Crippen molar-refractivity contribution >= 4 is 43.6 Å². The standard InChI is InChI=1S/C10H4BrNOS/c11-9-3-6(5-13)8(4-12)7-1-2-14-10(7)9/h1-3,5H. The molecule has 0 amide bonds. The van der Waals surface area contributed by atoms with Gasteiger partial charge in [-0.05, 0) is 33.4 Å². The lowest BCUT2D eigenvalue weighted by molar-refractivity contribution is 0.112. The second kappa shape index (κ2) is 3.52.